The summed E-state index contributed by atoms with van der Waals surface area (Å²) >= 11 is 0. The zero-order valence-electron chi connectivity index (χ0n) is 10.6. The van der Waals surface area contributed by atoms with E-state index in [1.165, 1.54) is 23.0 Å². The molecule has 0 radical (unpaired) electrons. The lowest BCUT2D eigenvalue weighted by Crippen LogP contribution is -2.13. The number of halogens is 3. The molecule has 0 aliphatic carbocycles. The molecule has 0 amide bonds. The second kappa shape index (κ2) is 7.21. The third kappa shape index (κ3) is 4.01. The van der Waals surface area contributed by atoms with Gasteiger partial charge in [0.1, 0.15) is 5.82 Å². The van der Waals surface area contributed by atoms with Crippen molar-refractivity contribution in [3.05, 3.63) is 53.4 Å². The van der Waals surface area contributed by atoms with Gasteiger partial charge in [0.15, 0.2) is 0 Å². The minimum absolute atomic E-state index is 0. The zero-order valence-corrected chi connectivity index (χ0v) is 11.4. The minimum Gasteiger partial charge on any atom is -0.308 e. The van der Waals surface area contributed by atoms with E-state index in [0.717, 1.165) is 5.56 Å². The van der Waals surface area contributed by atoms with Crippen LogP contribution < -0.4 is 5.32 Å². The highest BCUT2D eigenvalue weighted by atomic mass is 35.5. The third-order valence-corrected chi connectivity index (χ3v) is 2.70. The lowest BCUT2D eigenvalue weighted by atomic mass is 10.2. The Hall–Kier alpha value is -1.46. The molecule has 104 valence electrons. The van der Waals surface area contributed by atoms with Gasteiger partial charge in [0, 0.05) is 25.2 Å². The van der Waals surface area contributed by atoms with Crippen LogP contribution in [0.4, 0.5) is 8.78 Å². The van der Waals surface area contributed by atoms with Crippen LogP contribution in [0.1, 0.15) is 18.1 Å². The molecule has 0 aliphatic rings. The second-order valence-electron chi connectivity index (χ2n) is 4.01. The van der Waals surface area contributed by atoms with E-state index in [1.807, 2.05) is 6.92 Å². The number of nitrogens with one attached hydrogen (secondary N) is 1. The molecule has 3 nitrogen and oxygen atoms in total. The normalized spacial score (nSPS) is 10.3. The summed E-state index contributed by atoms with van der Waals surface area (Å²) in [5, 5.41) is 7.02. The summed E-state index contributed by atoms with van der Waals surface area (Å²) in [6.45, 7) is 3.33. The molecule has 19 heavy (non-hydrogen) atoms. The van der Waals surface area contributed by atoms with Crippen molar-refractivity contribution in [1.82, 2.24) is 15.1 Å². The van der Waals surface area contributed by atoms with Crippen LogP contribution in [0, 0.1) is 11.8 Å². The summed E-state index contributed by atoms with van der Waals surface area (Å²) in [5.74, 6) is -0.557. The predicted octanol–water partition coefficient (Wildman–Crippen LogP) is 2.89. The zero-order chi connectivity index (χ0) is 13.0. The molecule has 0 fully saturated rings. The molecule has 0 aliphatic heterocycles. The van der Waals surface area contributed by atoms with Gasteiger partial charge in [0.25, 0.3) is 0 Å². The third-order valence-electron chi connectivity index (χ3n) is 2.70. The van der Waals surface area contributed by atoms with Crippen molar-refractivity contribution in [3.8, 4) is 0 Å². The van der Waals surface area contributed by atoms with E-state index in [1.54, 1.807) is 12.1 Å². The lowest BCUT2D eigenvalue weighted by Gasteiger charge is -2.04. The number of aromatic nitrogens is 2. The van der Waals surface area contributed by atoms with Crippen LogP contribution >= 0.6 is 12.4 Å². The molecule has 6 heteroatoms. The van der Waals surface area contributed by atoms with Crippen molar-refractivity contribution in [3.63, 3.8) is 0 Å². The molecular formula is C13H16ClF2N3. The number of benzene rings is 1. The van der Waals surface area contributed by atoms with E-state index < -0.39 is 0 Å². The Balaban J connectivity index is 0.00000180. The van der Waals surface area contributed by atoms with Crippen molar-refractivity contribution in [1.29, 1.82) is 0 Å². The molecule has 0 atom stereocenters. The number of aryl methyl sites for hydroxylation is 1. The Labute approximate surface area is 117 Å². The highest BCUT2D eigenvalue weighted by molar-refractivity contribution is 5.85. The highest BCUT2D eigenvalue weighted by Gasteiger charge is 2.08. The first-order chi connectivity index (χ1) is 8.70. The maximum atomic E-state index is 13.6. The maximum absolute atomic E-state index is 13.6. The summed E-state index contributed by atoms with van der Waals surface area (Å²) in [6.07, 6.45) is 1.52. The average Bonchev–Trinajstić information content (AvgIpc) is 2.73. The summed E-state index contributed by atoms with van der Waals surface area (Å²) < 4.78 is 27.6. The number of hydrogen-bond acceptors (Lipinski definition) is 2. The molecule has 2 aromatic rings. The quantitative estimate of drug-likeness (QED) is 0.916. The van der Waals surface area contributed by atoms with E-state index >= 15 is 0 Å². The summed E-state index contributed by atoms with van der Waals surface area (Å²) in [6, 6.07) is 6.22. The standard InChI is InChI=1S/C13H15F2N3.ClH/c1-2-18-13(15)11(9-17-18)8-16-7-10-3-5-12(14)6-4-10;/h3-6,9,16H,2,7-8H2,1H3;1H. The van der Waals surface area contributed by atoms with Crippen LogP contribution in [0.2, 0.25) is 0 Å². The van der Waals surface area contributed by atoms with Gasteiger partial charge in [-0.1, -0.05) is 12.1 Å². The predicted molar refractivity (Wildman–Crippen MR) is 72.1 cm³/mol. The molecule has 2 rings (SSSR count). The first-order valence-electron chi connectivity index (χ1n) is 5.86. The monoisotopic (exact) mass is 287 g/mol. The van der Waals surface area contributed by atoms with Gasteiger partial charge in [0.05, 0.1) is 6.20 Å². The Bertz CT molecular complexity index is 511. The van der Waals surface area contributed by atoms with Crippen LogP contribution in [0.15, 0.2) is 30.5 Å². The van der Waals surface area contributed by atoms with Gasteiger partial charge in [-0.2, -0.15) is 9.49 Å². The molecular weight excluding hydrogens is 272 g/mol. The first-order valence-corrected chi connectivity index (χ1v) is 5.86. The summed E-state index contributed by atoms with van der Waals surface area (Å²) in [7, 11) is 0. The van der Waals surface area contributed by atoms with E-state index in [4.69, 9.17) is 0 Å². The second-order valence-corrected chi connectivity index (χ2v) is 4.01. The fraction of sp³-hybridized carbons (Fsp3) is 0.308. The molecule has 0 bridgehead atoms. The van der Waals surface area contributed by atoms with E-state index in [0.29, 0.717) is 25.2 Å². The van der Waals surface area contributed by atoms with E-state index in [2.05, 4.69) is 10.4 Å². The van der Waals surface area contributed by atoms with Crippen LogP contribution in [-0.2, 0) is 19.6 Å². The minimum atomic E-state index is -0.302. The SMILES string of the molecule is CCn1ncc(CNCc2ccc(F)cc2)c1F.Cl. The molecule has 0 saturated heterocycles. The molecule has 0 unspecified atom stereocenters. The molecule has 1 aromatic heterocycles. The van der Waals surface area contributed by atoms with Crippen LogP contribution in [-0.4, -0.2) is 9.78 Å². The van der Waals surface area contributed by atoms with E-state index in [9.17, 15) is 8.78 Å². The van der Waals surface area contributed by atoms with Crippen molar-refractivity contribution >= 4 is 12.4 Å². The summed E-state index contributed by atoms with van der Waals surface area (Å²) in [5.41, 5.74) is 1.50. The Morgan fingerprint density at radius 1 is 1.16 bits per heavy atom. The van der Waals surface area contributed by atoms with Crippen LogP contribution in [0.3, 0.4) is 0 Å². The smallest absolute Gasteiger partial charge is 0.215 e. The first kappa shape index (κ1) is 15.6. The van der Waals surface area contributed by atoms with Crippen molar-refractivity contribution in [2.75, 3.05) is 0 Å². The summed E-state index contributed by atoms with van der Waals surface area (Å²) in [4.78, 5) is 0. The van der Waals surface area contributed by atoms with Gasteiger partial charge in [0.2, 0.25) is 5.95 Å². The molecule has 1 heterocycles. The fourth-order valence-electron chi connectivity index (χ4n) is 1.69. The van der Waals surface area contributed by atoms with Crippen molar-refractivity contribution < 1.29 is 8.78 Å². The van der Waals surface area contributed by atoms with Gasteiger partial charge < -0.3 is 5.32 Å². The topological polar surface area (TPSA) is 29.9 Å². The maximum Gasteiger partial charge on any atom is 0.215 e. The molecule has 0 spiro atoms. The fourth-order valence-corrected chi connectivity index (χ4v) is 1.69. The van der Waals surface area contributed by atoms with Crippen molar-refractivity contribution in [2.24, 2.45) is 0 Å². The van der Waals surface area contributed by atoms with Gasteiger partial charge >= 0.3 is 0 Å². The van der Waals surface area contributed by atoms with Gasteiger partial charge in [-0.15, -0.1) is 12.4 Å². The Kier molecular flexibility index (Phi) is 5.92. The number of nitrogens with zero attached hydrogens (tertiary/aromatic N) is 2. The number of hydrogen-bond donors (Lipinski definition) is 1. The Morgan fingerprint density at radius 2 is 1.84 bits per heavy atom. The van der Waals surface area contributed by atoms with Gasteiger partial charge in [-0.05, 0) is 24.6 Å². The van der Waals surface area contributed by atoms with Gasteiger partial charge in [-0.3, -0.25) is 0 Å². The number of rotatable bonds is 5. The average molecular weight is 288 g/mol. The van der Waals surface area contributed by atoms with Crippen LogP contribution in [0.5, 0.6) is 0 Å². The molecule has 0 saturated carbocycles. The highest BCUT2D eigenvalue weighted by Crippen LogP contribution is 2.07. The van der Waals surface area contributed by atoms with Gasteiger partial charge in [-0.25, -0.2) is 9.07 Å². The largest absolute Gasteiger partial charge is 0.308 e. The van der Waals surface area contributed by atoms with Crippen LogP contribution in [0.25, 0.3) is 0 Å². The van der Waals surface area contributed by atoms with Crippen molar-refractivity contribution in [2.45, 2.75) is 26.6 Å². The molecule has 1 aromatic carbocycles. The Morgan fingerprint density at radius 3 is 2.42 bits per heavy atom. The molecule has 1 N–H and O–H groups in total. The lowest BCUT2D eigenvalue weighted by molar-refractivity contribution is 0.460. The van der Waals surface area contributed by atoms with E-state index in [-0.39, 0.29) is 24.2 Å².